The quantitative estimate of drug-likeness (QED) is 0.852. The summed E-state index contributed by atoms with van der Waals surface area (Å²) >= 11 is 0. The highest BCUT2D eigenvalue weighted by molar-refractivity contribution is 5.76. The van der Waals surface area contributed by atoms with Crippen molar-refractivity contribution in [2.75, 3.05) is 19.6 Å². The van der Waals surface area contributed by atoms with E-state index in [9.17, 15) is 4.79 Å². The largest absolute Gasteiger partial charge is 0.343 e. The molecule has 0 heterocycles. The van der Waals surface area contributed by atoms with Crippen molar-refractivity contribution in [2.45, 2.75) is 39.2 Å². The molecule has 1 aromatic carbocycles. The molecule has 1 N–H and O–H groups in total. The molecule has 1 atom stereocenters. The Morgan fingerprint density at radius 2 is 2.05 bits per heavy atom. The van der Waals surface area contributed by atoms with Crippen molar-refractivity contribution in [3.05, 3.63) is 35.4 Å². The van der Waals surface area contributed by atoms with Crippen molar-refractivity contribution in [2.24, 2.45) is 0 Å². The van der Waals surface area contributed by atoms with Crippen LogP contribution in [0.15, 0.2) is 24.3 Å². The summed E-state index contributed by atoms with van der Waals surface area (Å²) in [6.07, 6.45) is 2.90. The van der Waals surface area contributed by atoms with Gasteiger partial charge in [0.25, 0.3) is 0 Å². The van der Waals surface area contributed by atoms with Crippen LogP contribution in [0.25, 0.3) is 0 Å². The lowest BCUT2D eigenvalue weighted by atomic mass is 10.1. The number of carbonyl (C=O) groups is 1. The van der Waals surface area contributed by atoms with E-state index in [0.29, 0.717) is 12.5 Å². The lowest BCUT2D eigenvalue weighted by Gasteiger charge is -2.19. The molecule has 0 aliphatic heterocycles. The predicted molar refractivity (Wildman–Crippen MR) is 78.1 cm³/mol. The van der Waals surface area contributed by atoms with Crippen LogP contribution in [0.4, 0.5) is 0 Å². The number of amides is 1. The number of carbonyl (C=O) groups excluding carboxylic acids is 1. The van der Waals surface area contributed by atoms with E-state index in [1.807, 2.05) is 18.7 Å². The molecule has 0 bridgehead atoms. The highest BCUT2D eigenvalue weighted by atomic mass is 16.2. The average Bonchev–Trinajstić information content (AvgIpc) is 2.84. The summed E-state index contributed by atoms with van der Waals surface area (Å²) in [6.45, 7) is 6.45. The fourth-order valence-electron chi connectivity index (χ4n) is 2.86. The second kappa shape index (κ2) is 6.71. The average molecular weight is 260 g/mol. The maximum atomic E-state index is 11.9. The Bertz CT molecular complexity index is 427. The van der Waals surface area contributed by atoms with Gasteiger partial charge in [-0.1, -0.05) is 24.3 Å². The molecule has 19 heavy (non-hydrogen) atoms. The zero-order valence-electron chi connectivity index (χ0n) is 12.0. The van der Waals surface area contributed by atoms with Crippen molar-refractivity contribution in [1.82, 2.24) is 10.2 Å². The molecule has 0 saturated carbocycles. The van der Waals surface area contributed by atoms with Gasteiger partial charge in [0, 0.05) is 32.1 Å². The van der Waals surface area contributed by atoms with E-state index in [0.717, 1.165) is 32.5 Å². The highest BCUT2D eigenvalue weighted by Crippen LogP contribution is 2.30. The van der Waals surface area contributed by atoms with E-state index in [1.165, 1.54) is 11.1 Å². The fraction of sp³-hybridized carbons (Fsp3) is 0.562. The predicted octanol–water partition coefficient (Wildman–Crippen LogP) is 2.52. The third kappa shape index (κ3) is 3.35. The van der Waals surface area contributed by atoms with E-state index >= 15 is 0 Å². The zero-order valence-corrected chi connectivity index (χ0v) is 12.0. The summed E-state index contributed by atoms with van der Waals surface area (Å²) in [5, 5.41) is 3.52. The van der Waals surface area contributed by atoms with Crippen LogP contribution in [-0.4, -0.2) is 30.4 Å². The van der Waals surface area contributed by atoms with Crippen LogP contribution in [0.5, 0.6) is 0 Å². The van der Waals surface area contributed by atoms with Crippen LogP contribution >= 0.6 is 0 Å². The van der Waals surface area contributed by atoms with Crippen LogP contribution in [0.2, 0.25) is 0 Å². The SMILES string of the molecule is CCN(CC)C(=O)CCNC1CCc2ccccc21. The first-order chi connectivity index (χ1) is 9.26. The maximum absolute atomic E-state index is 11.9. The van der Waals surface area contributed by atoms with Gasteiger partial charge in [-0.3, -0.25) is 4.79 Å². The van der Waals surface area contributed by atoms with E-state index in [4.69, 9.17) is 0 Å². The Morgan fingerprint density at radius 3 is 2.79 bits per heavy atom. The van der Waals surface area contributed by atoms with Gasteiger partial charge in [0.2, 0.25) is 5.91 Å². The molecular weight excluding hydrogens is 236 g/mol. The molecule has 0 saturated heterocycles. The molecule has 3 nitrogen and oxygen atoms in total. The van der Waals surface area contributed by atoms with Gasteiger partial charge in [-0.25, -0.2) is 0 Å². The zero-order chi connectivity index (χ0) is 13.7. The first-order valence-corrected chi connectivity index (χ1v) is 7.35. The molecule has 3 heteroatoms. The molecule has 0 aromatic heterocycles. The Kier molecular flexibility index (Phi) is 4.97. The molecule has 1 aliphatic rings. The van der Waals surface area contributed by atoms with Gasteiger partial charge in [-0.15, -0.1) is 0 Å². The summed E-state index contributed by atoms with van der Waals surface area (Å²) in [7, 11) is 0. The van der Waals surface area contributed by atoms with Gasteiger partial charge >= 0.3 is 0 Å². The van der Waals surface area contributed by atoms with Crippen molar-refractivity contribution in [3.8, 4) is 0 Å². The minimum Gasteiger partial charge on any atom is -0.343 e. The summed E-state index contributed by atoms with van der Waals surface area (Å²) in [5.74, 6) is 0.254. The van der Waals surface area contributed by atoms with Crippen LogP contribution in [0.3, 0.4) is 0 Å². The third-order valence-corrected chi connectivity index (χ3v) is 3.98. The van der Waals surface area contributed by atoms with Gasteiger partial charge in [0.1, 0.15) is 0 Å². The summed E-state index contributed by atoms with van der Waals surface area (Å²) in [4.78, 5) is 13.8. The molecule has 104 valence electrons. The highest BCUT2D eigenvalue weighted by Gasteiger charge is 2.21. The van der Waals surface area contributed by atoms with Crippen LogP contribution < -0.4 is 5.32 Å². The molecular formula is C16H24N2O. The number of nitrogens with zero attached hydrogens (tertiary/aromatic N) is 1. The monoisotopic (exact) mass is 260 g/mol. The summed E-state index contributed by atoms with van der Waals surface area (Å²) in [6, 6.07) is 9.04. The Balaban J connectivity index is 1.80. The number of benzene rings is 1. The van der Waals surface area contributed by atoms with Crippen molar-refractivity contribution >= 4 is 5.91 Å². The van der Waals surface area contributed by atoms with Crippen LogP contribution in [0, 0.1) is 0 Å². The number of rotatable bonds is 6. The summed E-state index contributed by atoms with van der Waals surface area (Å²) < 4.78 is 0. The number of aryl methyl sites for hydroxylation is 1. The van der Waals surface area contributed by atoms with Gasteiger partial charge in [0.15, 0.2) is 0 Å². The molecule has 1 amide bonds. The second-order valence-electron chi connectivity index (χ2n) is 5.06. The first-order valence-electron chi connectivity index (χ1n) is 7.35. The molecule has 0 radical (unpaired) electrons. The van der Waals surface area contributed by atoms with Gasteiger partial charge < -0.3 is 10.2 Å². The number of hydrogen-bond donors (Lipinski definition) is 1. The van der Waals surface area contributed by atoms with Crippen LogP contribution in [0.1, 0.15) is 43.9 Å². The lowest BCUT2D eigenvalue weighted by Crippen LogP contribution is -2.33. The minimum atomic E-state index is 0.254. The number of nitrogens with one attached hydrogen (secondary N) is 1. The molecule has 1 aromatic rings. The van der Waals surface area contributed by atoms with Crippen molar-refractivity contribution < 1.29 is 4.79 Å². The van der Waals surface area contributed by atoms with Gasteiger partial charge in [-0.2, -0.15) is 0 Å². The lowest BCUT2D eigenvalue weighted by molar-refractivity contribution is -0.130. The molecule has 0 spiro atoms. The smallest absolute Gasteiger partial charge is 0.223 e. The topological polar surface area (TPSA) is 32.3 Å². The normalized spacial score (nSPS) is 17.3. The fourth-order valence-corrected chi connectivity index (χ4v) is 2.86. The van der Waals surface area contributed by atoms with Gasteiger partial charge in [-0.05, 0) is 37.8 Å². The van der Waals surface area contributed by atoms with E-state index < -0.39 is 0 Å². The summed E-state index contributed by atoms with van der Waals surface area (Å²) in [5.41, 5.74) is 2.87. The molecule has 1 aliphatic carbocycles. The van der Waals surface area contributed by atoms with Crippen LogP contribution in [-0.2, 0) is 11.2 Å². The molecule has 1 unspecified atom stereocenters. The third-order valence-electron chi connectivity index (χ3n) is 3.98. The number of hydrogen-bond acceptors (Lipinski definition) is 2. The van der Waals surface area contributed by atoms with E-state index in [2.05, 4.69) is 29.6 Å². The minimum absolute atomic E-state index is 0.254. The van der Waals surface area contributed by atoms with Gasteiger partial charge in [0.05, 0.1) is 0 Å². The maximum Gasteiger partial charge on any atom is 0.223 e. The number of fused-ring (bicyclic) bond motifs is 1. The second-order valence-corrected chi connectivity index (χ2v) is 5.06. The first kappa shape index (κ1) is 14.1. The Labute approximate surface area is 116 Å². The molecule has 0 fully saturated rings. The van der Waals surface area contributed by atoms with E-state index in [1.54, 1.807) is 0 Å². The van der Waals surface area contributed by atoms with E-state index in [-0.39, 0.29) is 5.91 Å². The standard InChI is InChI=1S/C16H24N2O/c1-3-18(4-2)16(19)11-12-17-15-10-9-13-7-5-6-8-14(13)15/h5-8,15,17H,3-4,9-12H2,1-2H3. The van der Waals surface area contributed by atoms with Crippen molar-refractivity contribution in [3.63, 3.8) is 0 Å². The molecule has 2 rings (SSSR count). The Hall–Kier alpha value is -1.35. The Morgan fingerprint density at radius 1 is 1.32 bits per heavy atom. The van der Waals surface area contributed by atoms with Crippen molar-refractivity contribution in [1.29, 1.82) is 0 Å².